The second kappa shape index (κ2) is 8.03. The van der Waals surface area contributed by atoms with Gasteiger partial charge in [-0.3, -0.25) is 14.4 Å². The van der Waals surface area contributed by atoms with Crippen molar-refractivity contribution in [1.82, 2.24) is 15.5 Å². The Morgan fingerprint density at radius 2 is 1.90 bits per heavy atom. The van der Waals surface area contributed by atoms with Crippen molar-refractivity contribution < 1.29 is 24.2 Å². The summed E-state index contributed by atoms with van der Waals surface area (Å²) in [6, 6.07) is -1.41. The minimum absolute atomic E-state index is 0.0609. The summed E-state index contributed by atoms with van der Waals surface area (Å²) in [5, 5.41) is 16.1. The molecule has 0 aromatic rings. The lowest BCUT2D eigenvalue weighted by Crippen LogP contribution is -2.61. The van der Waals surface area contributed by atoms with Crippen molar-refractivity contribution in [1.29, 1.82) is 0 Å². The van der Waals surface area contributed by atoms with Gasteiger partial charge in [0.2, 0.25) is 17.7 Å². The number of carbonyl (C=O) groups is 3. The zero-order chi connectivity index (χ0) is 23.4. The summed E-state index contributed by atoms with van der Waals surface area (Å²) < 4.78 is 6.54. The molecule has 0 radical (unpaired) electrons. The van der Waals surface area contributed by atoms with Crippen molar-refractivity contribution in [3.8, 4) is 0 Å². The highest BCUT2D eigenvalue weighted by Crippen LogP contribution is 2.63. The van der Waals surface area contributed by atoms with Gasteiger partial charge in [-0.05, 0) is 52.9 Å². The van der Waals surface area contributed by atoms with E-state index in [1.165, 1.54) is 4.90 Å². The van der Waals surface area contributed by atoms with E-state index in [2.05, 4.69) is 10.6 Å². The van der Waals surface area contributed by atoms with Crippen LogP contribution in [0, 0.1) is 17.8 Å². The van der Waals surface area contributed by atoms with Crippen molar-refractivity contribution in [3.05, 3.63) is 0 Å². The molecular formula is C23H39N3O5. The number of rotatable bonds is 7. The van der Waals surface area contributed by atoms with Crippen LogP contribution in [0.4, 0.5) is 0 Å². The fourth-order valence-electron chi connectivity index (χ4n) is 5.84. The van der Waals surface area contributed by atoms with Gasteiger partial charge in [0, 0.05) is 12.1 Å². The summed E-state index contributed by atoms with van der Waals surface area (Å²) in [4.78, 5) is 42.1. The van der Waals surface area contributed by atoms with Gasteiger partial charge in [0.15, 0.2) is 0 Å². The number of nitrogens with one attached hydrogen (secondary N) is 2. The van der Waals surface area contributed by atoms with E-state index in [4.69, 9.17) is 4.74 Å². The number of fused-ring (bicyclic) bond motifs is 1. The van der Waals surface area contributed by atoms with Crippen molar-refractivity contribution in [2.75, 3.05) is 13.2 Å². The average molecular weight is 438 g/mol. The molecule has 3 aliphatic rings. The van der Waals surface area contributed by atoms with Crippen molar-refractivity contribution in [2.24, 2.45) is 17.8 Å². The van der Waals surface area contributed by atoms with Gasteiger partial charge < -0.3 is 25.4 Å². The van der Waals surface area contributed by atoms with E-state index in [9.17, 15) is 19.5 Å². The molecule has 3 rings (SSSR count). The predicted octanol–water partition coefficient (Wildman–Crippen LogP) is 1.21. The van der Waals surface area contributed by atoms with Crippen LogP contribution >= 0.6 is 0 Å². The van der Waals surface area contributed by atoms with E-state index in [1.54, 1.807) is 0 Å². The first-order valence-electron chi connectivity index (χ1n) is 11.6. The number of amides is 3. The van der Waals surface area contributed by atoms with Gasteiger partial charge in [0.1, 0.15) is 11.6 Å². The molecular weight excluding hydrogens is 398 g/mol. The van der Waals surface area contributed by atoms with E-state index >= 15 is 0 Å². The smallest absolute Gasteiger partial charge is 0.246 e. The van der Waals surface area contributed by atoms with Crippen molar-refractivity contribution >= 4 is 17.7 Å². The van der Waals surface area contributed by atoms with Crippen LogP contribution in [0.2, 0.25) is 0 Å². The summed E-state index contributed by atoms with van der Waals surface area (Å²) in [5.74, 6) is -2.18. The Bertz CT molecular complexity index is 748. The lowest BCUT2D eigenvalue weighted by Gasteiger charge is -2.39. The first-order valence-corrected chi connectivity index (χ1v) is 11.6. The van der Waals surface area contributed by atoms with Gasteiger partial charge in [0.05, 0.1) is 30.1 Å². The molecule has 0 saturated carbocycles. The summed E-state index contributed by atoms with van der Waals surface area (Å²) in [5.41, 5.74) is -2.33. The number of nitrogens with zero attached hydrogens (tertiary/aromatic N) is 1. The van der Waals surface area contributed by atoms with Crippen molar-refractivity contribution in [3.63, 3.8) is 0 Å². The number of aliphatic hydroxyl groups excluding tert-OH is 1. The Balaban J connectivity index is 2.09. The van der Waals surface area contributed by atoms with Gasteiger partial charge in [-0.25, -0.2) is 0 Å². The second-order valence-electron chi connectivity index (χ2n) is 11.0. The Morgan fingerprint density at radius 3 is 2.42 bits per heavy atom. The molecule has 176 valence electrons. The standard InChI is InChI=1S/C23H39N3O5/c1-8-11-24-18(28)15-16-20(30)26(14(12-27)13(2)3)17(19(29)25-21(4,5)6)23(16)10-9-22(15,7)31-23/h13-17,27H,8-12H2,1-7H3,(H,24,28)(H,25,29)/t14-,15+,16-,17?,22-,23?/m0/s1. The monoisotopic (exact) mass is 437 g/mol. The summed E-state index contributed by atoms with van der Waals surface area (Å²) >= 11 is 0. The number of hydrogen-bond donors (Lipinski definition) is 3. The largest absolute Gasteiger partial charge is 0.394 e. The molecule has 8 nitrogen and oxygen atoms in total. The summed E-state index contributed by atoms with van der Waals surface area (Å²) in [6.45, 7) is 13.7. The predicted molar refractivity (Wildman–Crippen MR) is 116 cm³/mol. The lowest BCUT2D eigenvalue weighted by molar-refractivity contribution is -0.151. The van der Waals surface area contributed by atoms with Crippen LogP contribution in [-0.4, -0.2) is 69.7 Å². The molecule has 3 heterocycles. The zero-order valence-electron chi connectivity index (χ0n) is 19.9. The molecule has 0 aliphatic carbocycles. The summed E-state index contributed by atoms with van der Waals surface area (Å²) in [7, 11) is 0. The molecule has 3 amide bonds. The molecule has 0 aromatic heterocycles. The molecule has 3 N–H and O–H groups in total. The Morgan fingerprint density at radius 1 is 1.26 bits per heavy atom. The van der Waals surface area contributed by atoms with Crippen LogP contribution < -0.4 is 10.6 Å². The van der Waals surface area contributed by atoms with E-state index in [0.29, 0.717) is 19.4 Å². The van der Waals surface area contributed by atoms with Crippen LogP contribution in [0.3, 0.4) is 0 Å². The molecule has 31 heavy (non-hydrogen) atoms. The molecule has 3 fully saturated rings. The van der Waals surface area contributed by atoms with E-state index in [0.717, 1.165) is 6.42 Å². The van der Waals surface area contributed by atoms with E-state index in [1.807, 2.05) is 48.5 Å². The quantitative estimate of drug-likeness (QED) is 0.555. The topological polar surface area (TPSA) is 108 Å². The number of aliphatic hydroxyl groups is 1. The maximum absolute atomic E-state index is 13.9. The highest BCUT2D eigenvalue weighted by Gasteiger charge is 2.78. The van der Waals surface area contributed by atoms with Crippen LogP contribution in [0.15, 0.2) is 0 Å². The first-order chi connectivity index (χ1) is 14.3. The maximum atomic E-state index is 13.9. The Hall–Kier alpha value is -1.67. The molecule has 2 unspecified atom stereocenters. The van der Waals surface area contributed by atoms with E-state index in [-0.39, 0.29) is 30.2 Å². The lowest BCUT2D eigenvalue weighted by atomic mass is 9.66. The number of carbonyl (C=O) groups excluding carboxylic acids is 3. The van der Waals surface area contributed by atoms with E-state index < -0.39 is 40.7 Å². The molecule has 6 atom stereocenters. The third-order valence-corrected chi connectivity index (χ3v) is 7.11. The third kappa shape index (κ3) is 3.75. The fraction of sp³-hybridized carbons (Fsp3) is 0.870. The molecule has 2 bridgehead atoms. The van der Waals surface area contributed by atoms with Crippen LogP contribution in [0.5, 0.6) is 0 Å². The minimum Gasteiger partial charge on any atom is -0.394 e. The average Bonchev–Trinajstić information content (AvgIpc) is 3.20. The first kappa shape index (κ1) is 24.0. The van der Waals surface area contributed by atoms with Gasteiger partial charge in [0.25, 0.3) is 0 Å². The number of ether oxygens (including phenoxy) is 1. The normalized spacial score (nSPS) is 35.5. The van der Waals surface area contributed by atoms with Gasteiger partial charge in [-0.15, -0.1) is 0 Å². The zero-order valence-corrected chi connectivity index (χ0v) is 19.9. The molecule has 8 heteroatoms. The Kier molecular flexibility index (Phi) is 6.21. The maximum Gasteiger partial charge on any atom is 0.246 e. The van der Waals surface area contributed by atoms with Crippen LogP contribution in [0.1, 0.15) is 67.7 Å². The van der Waals surface area contributed by atoms with Crippen LogP contribution in [0.25, 0.3) is 0 Å². The number of likely N-dealkylation sites (tertiary alicyclic amines) is 1. The molecule has 3 saturated heterocycles. The van der Waals surface area contributed by atoms with Gasteiger partial charge >= 0.3 is 0 Å². The molecule has 0 aromatic carbocycles. The van der Waals surface area contributed by atoms with Gasteiger partial charge in [-0.1, -0.05) is 20.8 Å². The van der Waals surface area contributed by atoms with Crippen molar-refractivity contribution in [2.45, 2.75) is 96.6 Å². The highest BCUT2D eigenvalue weighted by atomic mass is 16.5. The SMILES string of the molecule is CCCNC(=O)[C@H]1[C@H]2C(=O)N([C@@H](CO)C(C)C)C(C(=O)NC(C)(C)C)C23CC[C@]1(C)O3. The Labute approximate surface area is 185 Å². The third-order valence-electron chi connectivity index (χ3n) is 7.11. The molecule has 3 aliphatic heterocycles. The van der Waals surface area contributed by atoms with Gasteiger partial charge in [-0.2, -0.15) is 0 Å². The highest BCUT2D eigenvalue weighted by molar-refractivity contribution is 5.99. The number of hydrogen-bond acceptors (Lipinski definition) is 5. The molecule has 1 spiro atoms. The second-order valence-corrected chi connectivity index (χ2v) is 11.0. The fourth-order valence-corrected chi connectivity index (χ4v) is 5.84. The summed E-state index contributed by atoms with van der Waals surface area (Å²) in [6.07, 6.45) is 1.94. The minimum atomic E-state index is -1.06. The van der Waals surface area contributed by atoms with Crippen LogP contribution in [-0.2, 0) is 19.1 Å².